The fourth-order valence-corrected chi connectivity index (χ4v) is 3.69. The number of carbonyl (C=O) groups is 2. The SMILES string of the molecule is Cc1ccc(-c2cc(C(=O)N3CC[C@@H]4CC(=O)N(C)[C@@H]4C3)n[nH]2)o1. The van der Waals surface area contributed by atoms with Crippen molar-refractivity contribution >= 4 is 11.8 Å². The minimum absolute atomic E-state index is 0.105. The predicted octanol–water partition coefficient (Wildman–Crippen LogP) is 1.67. The molecule has 2 fully saturated rings. The number of hydrogen-bond acceptors (Lipinski definition) is 4. The Morgan fingerprint density at radius 1 is 1.42 bits per heavy atom. The van der Waals surface area contributed by atoms with Gasteiger partial charge >= 0.3 is 0 Å². The van der Waals surface area contributed by atoms with Gasteiger partial charge in [0, 0.05) is 32.6 Å². The largest absolute Gasteiger partial charge is 0.460 e. The summed E-state index contributed by atoms with van der Waals surface area (Å²) in [4.78, 5) is 28.2. The van der Waals surface area contributed by atoms with Gasteiger partial charge in [-0.05, 0) is 31.4 Å². The lowest BCUT2D eigenvalue weighted by atomic mass is 9.92. The summed E-state index contributed by atoms with van der Waals surface area (Å²) in [5.41, 5.74) is 1.07. The number of hydrogen-bond donors (Lipinski definition) is 1. The summed E-state index contributed by atoms with van der Waals surface area (Å²) >= 11 is 0. The molecule has 1 N–H and O–H groups in total. The summed E-state index contributed by atoms with van der Waals surface area (Å²) in [5, 5.41) is 7.00. The number of furan rings is 1. The molecule has 2 amide bonds. The first-order valence-corrected chi connectivity index (χ1v) is 8.20. The van der Waals surface area contributed by atoms with Crippen LogP contribution in [0.3, 0.4) is 0 Å². The van der Waals surface area contributed by atoms with E-state index in [1.54, 1.807) is 15.9 Å². The number of aromatic amines is 1. The van der Waals surface area contributed by atoms with E-state index in [1.165, 1.54) is 0 Å². The van der Waals surface area contributed by atoms with E-state index in [9.17, 15) is 9.59 Å². The van der Waals surface area contributed by atoms with Crippen LogP contribution in [0.5, 0.6) is 0 Å². The molecule has 7 nitrogen and oxygen atoms in total. The number of nitrogens with zero attached hydrogens (tertiary/aromatic N) is 3. The zero-order valence-electron chi connectivity index (χ0n) is 13.8. The molecule has 0 spiro atoms. The van der Waals surface area contributed by atoms with Gasteiger partial charge in [0.2, 0.25) is 5.91 Å². The summed E-state index contributed by atoms with van der Waals surface area (Å²) in [6.07, 6.45) is 1.47. The number of likely N-dealkylation sites (tertiary alicyclic amines) is 2. The minimum Gasteiger partial charge on any atom is -0.460 e. The Morgan fingerprint density at radius 3 is 3.00 bits per heavy atom. The molecule has 0 unspecified atom stereocenters. The molecule has 0 aliphatic carbocycles. The molecule has 24 heavy (non-hydrogen) atoms. The molecule has 126 valence electrons. The van der Waals surface area contributed by atoms with Crippen molar-refractivity contribution in [3.63, 3.8) is 0 Å². The van der Waals surface area contributed by atoms with Crippen molar-refractivity contribution in [2.45, 2.75) is 25.8 Å². The van der Waals surface area contributed by atoms with E-state index in [1.807, 2.05) is 26.1 Å². The summed E-state index contributed by atoms with van der Waals surface area (Å²) in [6.45, 7) is 3.12. The van der Waals surface area contributed by atoms with E-state index in [4.69, 9.17) is 4.42 Å². The zero-order valence-corrected chi connectivity index (χ0v) is 13.8. The number of carbonyl (C=O) groups excluding carboxylic acids is 2. The van der Waals surface area contributed by atoms with Crippen molar-refractivity contribution in [2.75, 3.05) is 20.1 Å². The van der Waals surface area contributed by atoms with Gasteiger partial charge in [-0.1, -0.05) is 0 Å². The topological polar surface area (TPSA) is 82.4 Å². The summed E-state index contributed by atoms with van der Waals surface area (Å²) in [5.74, 6) is 1.91. The Kier molecular flexibility index (Phi) is 3.44. The molecule has 0 bridgehead atoms. The fraction of sp³-hybridized carbons (Fsp3) is 0.471. The second-order valence-corrected chi connectivity index (χ2v) is 6.65. The Labute approximate surface area is 139 Å². The standard InChI is InChI=1S/C17H20N4O3/c1-10-3-4-15(24-10)12-8-13(19-18-12)17(23)21-6-5-11-7-16(22)20(2)14(11)9-21/h3-4,8,11,14H,5-7,9H2,1-2H3,(H,18,19)/t11-,14-/m1/s1. The van der Waals surface area contributed by atoms with Crippen LogP contribution in [0.25, 0.3) is 11.5 Å². The molecule has 2 aromatic heterocycles. The maximum Gasteiger partial charge on any atom is 0.274 e. The van der Waals surface area contributed by atoms with Crippen LogP contribution < -0.4 is 0 Å². The van der Waals surface area contributed by atoms with E-state index in [0.29, 0.717) is 42.6 Å². The molecule has 0 saturated carbocycles. The highest BCUT2D eigenvalue weighted by atomic mass is 16.3. The van der Waals surface area contributed by atoms with Crippen molar-refractivity contribution in [1.82, 2.24) is 20.0 Å². The number of rotatable bonds is 2. The third-order valence-corrected chi connectivity index (χ3v) is 5.14. The molecule has 4 heterocycles. The monoisotopic (exact) mass is 328 g/mol. The maximum absolute atomic E-state index is 12.7. The lowest BCUT2D eigenvalue weighted by molar-refractivity contribution is -0.127. The molecule has 2 aliphatic rings. The molecular formula is C17H20N4O3. The van der Waals surface area contributed by atoms with Gasteiger partial charge in [0.15, 0.2) is 11.5 Å². The number of nitrogens with one attached hydrogen (secondary N) is 1. The second kappa shape index (κ2) is 5.51. The van der Waals surface area contributed by atoms with Gasteiger partial charge in [-0.15, -0.1) is 0 Å². The average molecular weight is 328 g/mol. The van der Waals surface area contributed by atoms with Crippen LogP contribution >= 0.6 is 0 Å². The van der Waals surface area contributed by atoms with Gasteiger partial charge in [-0.2, -0.15) is 5.10 Å². The molecule has 7 heteroatoms. The van der Waals surface area contributed by atoms with Crippen LogP contribution in [0.2, 0.25) is 0 Å². The Morgan fingerprint density at radius 2 is 2.25 bits per heavy atom. The second-order valence-electron chi connectivity index (χ2n) is 6.65. The van der Waals surface area contributed by atoms with E-state index in [0.717, 1.165) is 12.2 Å². The van der Waals surface area contributed by atoms with Gasteiger partial charge in [0.05, 0.1) is 6.04 Å². The summed E-state index contributed by atoms with van der Waals surface area (Å²) < 4.78 is 5.55. The van der Waals surface area contributed by atoms with Gasteiger partial charge in [-0.25, -0.2) is 0 Å². The molecule has 4 rings (SSSR count). The molecular weight excluding hydrogens is 308 g/mol. The van der Waals surface area contributed by atoms with Crippen molar-refractivity contribution in [1.29, 1.82) is 0 Å². The summed E-state index contributed by atoms with van der Waals surface area (Å²) in [6, 6.07) is 5.56. The number of fused-ring (bicyclic) bond motifs is 1. The first kappa shape index (κ1) is 15.0. The van der Waals surface area contributed by atoms with E-state index in [-0.39, 0.29) is 17.9 Å². The molecule has 2 aromatic rings. The number of H-pyrrole nitrogens is 1. The van der Waals surface area contributed by atoms with Crippen LogP contribution in [0, 0.1) is 12.8 Å². The minimum atomic E-state index is -0.105. The highest BCUT2D eigenvalue weighted by molar-refractivity contribution is 5.93. The van der Waals surface area contributed by atoms with Gasteiger partial charge < -0.3 is 14.2 Å². The van der Waals surface area contributed by atoms with Gasteiger partial charge in [-0.3, -0.25) is 14.7 Å². The van der Waals surface area contributed by atoms with Crippen LogP contribution in [0.15, 0.2) is 22.6 Å². The third-order valence-electron chi connectivity index (χ3n) is 5.14. The summed E-state index contributed by atoms with van der Waals surface area (Å²) in [7, 11) is 1.83. The van der Waals surface area contributed by atoms with E-state index >= 15 is 0 Å². The smallest absolute Gasteiger partial charge is 0.274 e. The Bertz CT molecular complexity index is 793. The van der Waals surface area contributed by atoms with E-state index in [2.05, 4.69) is 10.2 Å². The van der Waals surface area contributed by atoms with Crippen LogP contribution in [0.1, 0.15) is 29.1 Å². The van der Waals surface area contributed by atoms with Crippen LogP contribution in [-0.2, 0) is 4.79 Å². The molecule has 2 saturated heterocycles. The number of piperidine rings is 1. The Balaban J connectivity index is 1.50. The molecule has 2 aliphatic heterocycles. The first-order valence-electron chi connectivity index (χ1n) is 8.20. The third kappa shape index (κ3) is 2.40. The normalized spacial score (nSPS) is 23.7. The van der Waals surface area contributed by atoms with Crippen LogP contribution in [0.4, 0.5) is 0 Å². The lowest BCUT2D eigenvalue weighted by Gasteiger charge is -2.36. The first-order chi connectivity index (χ1) is 11.5. The average Bonchev–Trinajstić information content (AvgIpc) is 3.27. The van der Waals surface area contributed by atoms with Crippen molar-refractivity contribution in [3.05, 3.63) is 29.7 Å². The zero-order chi connectivity index (χ0) is 16.8. The van der Waals surface area contributed by atoms with Crippen molar-refractivity contribution in [2.24, 2.45) is 5.92 Å². The highest BCUT2D eigenvalue weighted by Gasteiger charge is 2.42. The van der Waals surface area contributed by atoms with Gasteiger partial charge in [0.1, 0.15) is 11.5 Å². The predicted molar refractivity (Wildman–Crippen MR) is 86.2 cm³/mol. The fourth-order valence-electron chi connectivity index (χ4n) is 3.69. The van der Waals surface area contributed by atoms with Gasteiger partial charge in [0.25, 0.3) is 5.91 Å². The van der Waals surface area contributed by atoms with Crippen molar-refractivity contribution in [3.8, 4) is 11.5 Å². The van der Waals surface area contributed by atoms with E-state index < -0.39 is 0 Å². The number of aromatic nitrogens is 2. The molecule has 0 radical (unpaired) electrons. The Hall–Kier alpha value is -2.57. The number of likely N-dealkylation sites (N-methyl/N-ethyl adjacent to an activating group) is 1. The lowest BCUT2D eigenvalue weighted by Crippen LogP contribution is -2.49. The molecule has 0 aromatic carbocycles. The van der Waals surface area contributed by atoms with Crippen molar-refractivity contribution < 1.29 is 14.0 Å². The maximum atomic E-state index is 12.7. The highest BCUT2D eigenvalue weighted by Crippen LogP contribution is 2.32. The number of aryl methyl sites for hydroxylation is 1. The number of amides is 2. The molecule has 2 atom stereocenters. The van der Waals surface area contributed by atoms with Crippen LogP contribution in [-0.4, -0.2) is 58.0 Å². The quantitative estimate of drug-likeness (QED) is 0.909.